The van der Waals surface area contributed by atoms with Crippen molar-refractivity contribution < 1.29 is 19.1 Å². The maximum Gasteiger partial charge on any atom is 0.337 e. The second-order valence-electron chi connectivity index (χ2n) is 5.40. The number of likely N-dealkylation sites (tertiary alicyclic amines) is 1. The molecule has 0 radical (unpaired) electrons. The molecular weight excluding hydrogens is 310 g/mol. The SMILES string of the molecule is COC(=O)c1ccc(C(=O)N2CCC(Oc3ccncn3)C2)cc1. The van der Waals surface area contributed by atoms with E-state index in [0.29, 0.717) is 30.1 Å². The lowest BCUT2D eigenvalue weighted by atomic mass is 10.1. The van der Waals surface area contributed by atoms with Gasteiger partial charge in [-0.05, 0) is 24.3 Å². The Labute approximate surface area is 139 Å². The highest BCUT2D eigenvalue weighted by atomic mass is 16.5. The minimum absolute atomic E-state index is 0.0831. The van der Waals surface area contributed by atoms with Gasteiger partial charge in [0.25, 0.3) is 5.91 Å². The van der Waals surface area contributed by atoms with Gasteiger partial charge in [0.05, 0.1) is 19.2 Å². The van der Waals surface area contributed by atoms with Crippen molar-refractivity contribution in [2.45, 2.75) is 12.5 Å². The van der Waals surface area contributed by atoms with E-state index in [1.54, 1.807) is 41.4 Å². The molecule has 0 saturated carbocycles. The molecule has 124 valence electrons. The van der Waals surface area contributed by atoms with E-state index < -0.39 is 5.97 Å². The highest BCUT2D eigenvalue weighted by molar-refractivity contribution is 5.96. The number of methoxy groups -OCH3 is 1. The largest absolute Gasteiger partial charge is 0.472 e. The van der Waals surface area contributed by atoms with Crippen LogP contribution in [0.25, 0.3) is 0 Å². The summed E-state index contributed by atoms with van der Waals surface area (Å²) in [6.45, 7) is 1.12. The molecule has 1 atom stereocenters. The summed E-state index contributed by atoms with van der Waals surface area (Å²) < 4.78 is 10.4. The van der Waals surface area contributed by atoms with Crippen LogP contribution in [0.5, 0.6) is 5.88 Å². The predicted octanol–water partition coefficient (Wildman–Crippen LogP) is 1.56. The number of carbonyl (C=O) groups is 2. The van der Waals surface area contributed by atoms with E-state index in [4.69, 9.17) is 4.74 Å². The first-order valence-corrected chi connectivity index (χ1v) is 7.57. The van der Waals surface area contributed by atoms with Gasteiger partial charge in [-0.15, -0.1) is 0 Å². The van der Waals surface area contributed by atoms with E-state index in [2.05, 4.69) is 14.7 Å². The summed E-state index contributed by atoms with van der Waals surface area (Å²) >= 11 is 0. The van der Waals surface area contributed by atoms with E-state index in [9.17, 15) is 9.59 Å². The van der Waals surface area contributed by atoms with E-state index in [1.807, 2.05) is 0 Å². The van der Waals surface area contributed by atoms with Crippen LogP contribution < -0.4 is 4.74 Å². The zero-order valence-electron chi connectivity index (χ0n) is 13.2. The Hall–Kier alpha value is -2.96. The fraction of sp³-hybridized carbons (Fsp3) is 0.294. The normalized spacial score (nSPS) is 16.7. The number of rotatable bonds is 4. The molecule has 0 spiro atoms. The van der Waals surface area contributed by atoms with Gasteiger partial charge in [0.2, 0.25) is 5.88 Å². The number of esters is 1. The maximum absolute atomic E-state index is 12.5. The zero-order chi connectivity index (χ0) is 16.9. The molecule has 3 rings (SSSR count). The van der Waals surface area contributed by atoms with Gasteiger partial charge in [-0.3, -0.25) is 4.79 Å². The topological polar surface area (TPSA) is 81.6 Å². The number of amides is 1. The van der Waals surface area contributed by atoms with Crippen molar-refractivity contribution in [3.63, 3.8) is 0 Å². The summed E-state index contributed by atoms with van der Waals surface area (Å²) in [6, 6.07) is 8.13. The lowest BCUT2D eigenvalue weighted by Crippen LogP contribution is -2.31. The molecule has 1 saturated heterocycles. The van der Waals surface area contributed by atoms with E-state index >= 15 is 0 Å². The van der Waals surface area contributed by atoms with Crippen LogP contribution in [-0.2, 0) is 4.74 Å². The summed E-state index contributed by atoms with van der Waals surface area (Å²) in [5.74, 6) is 0.000389. The van der Waals surface area contributed by atoms with E-state index in [-0.39, 0.29) is 12.0 Å². The van der Waals surface area contributed by atoms with Gasteiger partial charge in [0.1, 0.15) is 12.4 Å². The third-order valence-electron chi connectivity index (χ3n) is 3.83. The van der Waals surface area contributed by atoms with Gasteiger partial charge in [0, 0.05) is 30.8 Å². The molecule has 1 aromatic heterocycles. The Morgan fingerprint density at radius 2 is 1.92 bits per heavy atom. The third-order valence-corrected chi connectivity index (χ3v) is 3.83. The van der Waals surface area contributed by atoms with Crippen molar-refractivity contribution in [1.29, 1.82) is 0 Å². The van der Waals surface area contributed by atoms with Crippen LogP contribution in [0.4, 0.5) is 0 Å². The Morgan fingerprint density at radius 3 is 2.58 bits per heavy atom. The first-order valence-electron chi connectivity index (χ1n) is 7.57. The molecule has 1 unspecified atom stereocenters. The summed E-state index contributed by atoms with van der Waals surface area (Å²) in [5.41, 5.74) is 0.950. The molecule has 2 heterocycles. The Morgan fingerprint density at radius 1 is 1.17 bits per heavy atom. The number of nitrogens with zero attached hydrogens (tertiary/aromatic N) is 3. The summed E-state index contributed by atoms with van der Waals surface area (Å²) in [6.07, 6.45) is 3.70. The minimum Gasteiger partial charge on any atom is -0.472 e. The van der Waals surface area contributed by atoms with Gasteiger partial charge in [-0.25, -0.2) is 14.8 Å². The van der Waals surface area contributed by atoms with E-state index in [1.165, 1.54) is 13.4 Å². The van der Waals surface area contributed by atoms with Crippen molar-refractivity contribution in [1.82, 2.24) is 14.9 Å². The first-order chi connectivity index (χ1) is 11.7. The number of benzene rings is 1. The van der Waals surface area contributed by atoms with Gasteiger partial charge >= 0.3 is 5.97 Å². The molecule has 1 aromatic carbocycles. The second-order valence-corrected chi connectivity index (χ2v) is 5.40. The Bertz CT molecular complexity index is 718. The summed E-state index contributed by atoms with van der Waals surface area (Å²) in [5, 5.41) is 0. The fourth-order valence-corrected chi connectivity index (χ4v) is 2.58. The molecule has 7 heteroatoms. The van der Waals surface area contributed by atoms with Gasteiger partial charge < -0.3 is 14.4 Å². The van der Waals surface area contributed by atoms with Crippen LogP contribution in [0.15, 0.2) is 42.9 Å². The summed E-state index contributed by atoms with van der Waals surface area (Å²) in [4.78, 5) is 33.5. The number of hydrogen-bond donors (Lipinski definition) is 0. The maximum atomic E-state index is 12.5. The van der Waals surface area contributed by atoms with Gasteiger partial charge in [0.15, 0.2) is 0 Å². The second kappa shape index (κ2) is 7.08. The van der Waals surface area contributed by atoms with Crippen molar-refractivity contribution in [3.05, 3.63) is 54.0 Å². The van der Waals surface area contributed by atoms with E-state index in [0.717, 1.165) is 6.42 Å². The van der Waals surface area contributed by atoms with Crippen LogP contribution in [0, 0.1) is 0 Å². The van der Waals surface area contributed by atoms with Crippen LogP contribution >= 0.6 is 0 Å². The molecule has 1 aliphatic rings. The smallest absolute Gasteiger partial charge is 0.337 e. The van der Waals surface area contributed by atoms with Gasteiger partial charge in [-0.1, -0.05) is 0 Å². The van der Waals surface area contributed by atoms with Crippen LogP contribution in [0.2, 0.25) is 0 Å². The van der Waals surface area contributed by atoms with Crippen molar-refractivity contribution in [2.24, 2.45) is 0 Å². The molecule has 0 aliphatic carbocycles. The third kappa shape index (κ3) is 3.51. The lowest BCUT2D eigenvalue weighted by molar-refractivity contribution is 0.0600. The van der Waals surface area contributed by atoms with Crippen molar-refractivity contribution in [2.75, 3.05) is 20.2 Å². The highest BCUT2D eigenvalue weighted by Gasteiger charge is 2.28. The Balaban J connectivity index is 1.61. The molecule has 1 amide bonds. The number of carbonyl (C=O) groups excluding carboxylic acids is 2. The van der Waals surface area contributed by atoms with Crippen LogP contribution in [-0.4, -0.2) is 53.0 Å². The summed E-state index contributed by atoms with van der Waals surface area (Å²) in [7, 11) is 1.32. The fourth-order valence-electron chi connectivity index (χ4n) is 2.58. The number of hydrogen-bond acceptors (Lipinski definition) is 6. The molecule has 0 bridgehead atoms. The highest BCUT2D eigenvalue weighted by Crippen LogP contribution is 2.18. The van der Waals surface area contributed by atoms with Crippen molar-refractivity contribution >= 4 is 11.9 Å². The molecule has 0 N–H and O–H groups in total. The average molecular weight is 327 g/mol. The Kier molecular flexibility index (Phi) is 4.69. The van der Waals surface area contributed by atoms with Crippen molar-refractivity contribution in [3.8, 4) is 5.88 Å². The zero-order valence-corrected chi connectivity index (χ0v) is 13.2. The molecule has 1 aliphatic heterocycles. The predicted molar refractivity (Wildman–Crippen MR) is 84.8 cm³/mol. The standard InChI is InChI=1S/C17H17N3O4/c1-23-17(22)13-4-2-12(3-5-13)16(21)20-9-7-14(10-20)24-15-6-8-18-11-19-15/h2-6,8,11,14H,7,9-10H2,1H3. The van der Waals surface area contributed by atoms with Crippen LogP contribution in [0.1, 0.15) is 27.1 Å². The molecule has 1 fully saturated rings. The monoisotopic (exact) mass is 327 g/mol. The van der Waals surface area contributed by atoms with Crippen LogP contribution in [0.3, 0.4) is 0 Å². The molecule has 7 nitrogen and oxygen atoms in total. The number of aromatic nitrogens is 2. The lowest BCUT2D eigenvalue weighted by Gasteiger charge is -2.17. The molecule has 2 aromatic rings. The molecule has 24 heavy (non-hydrogen) atoms. The van der Waals surface area contributed by atoms with Gasteiger partial charge in [-0.2, -0.15) is 0 Å². The first kappa shape index (κ1) is 15.9. The molecular formula is C17H17N3O4. The quantitative estimate of drug-likeness (QED) is 0.793. The minimum atomic E-state index is -0.423. The average Bonchev–Trinajstić information content (AvgIpc) is 3.10. The number of ether oxygens (including phenoxy) is 2.